The summed E-state index contributed by atoms with van der Waals surface area (Å²) in [5.74, 6) is 0.783. The van der Waals surface area contributed by atoms with Gasteiger partial charge in [-0.1, -0.05) is 49.9 Å². The van der Waals surface area contributed by atoms with Crippen molar-refractivity contribution in [3.8, 4) is 0 Å². The average Bonchev–Trinajstić information content (AvgIpc) is 2.59. The summed E-state index contributed by atoms with van der Waals surface area (Å²) in [5, 5.41) is 8.87. The highest BCUT2D eigenvalue weighted by Gasteiger charge is 2.13. The Morgan fingerprint density at radius 2 is 1.56 bits per heavy atom. The zero-order valence-electron chi connectivity index (χ0n) is 9.99. The van der Waals surface area contributed by atoms with Crippen LogP contribution in [-0.2, 0) is 6.42 Å². The fraction of sp³-hybridized carbons (Fsp3) is 0.600. The first-order chi connectivity index (χ1) is 7.90. The molecule has 1 aromatic rings. The van der Waals surface area contributed by atoms with E-state index >= 15 is 0 Å². The molecule has 0 amide bonds. The maximum absolute atomic E-state index is 8.87. The van der Waals surface area contributed by atoms with E-state index in [-0.39, 0.29) is 6.61 Å². The van der Waals surface area contributed by atoms with Crippen LogP contribution in [0.3, 0.4) is 0 Å². The van der Waals surface area contributed by atoms with Gasteiger partial charge in [0, 0.05) is 6.61 Å². The van der Waals surface area contributed by atoms with Crippen molar-refractivity contribution >= 4 is 0 Å². The van der Waals surface area contributed by atoms with Crippen molar-refractivity contribution in [1.29, 1.82) is 0 Å². The highest BCUT2D eigenvalue weighted by Crippen LogP contribution is 2.31. The molecule has 0 radical (unpaired) electrons. The lowest BCUT2D eigenvalue weighted by Crippen LogP contribution is -1.98. The first kappa shape index (κ1) is 11.7. The van der Waals surface area contributed by atoms with Crippen molar-refractivity contribution in [3.63, 3.8) is 0 Å². The topological polar surface area (TPSA) is 20.2 Å². The lowest BCUT2D eigenvalue weighted by molar-refractivity contribution is 0.299. The fourth-order valence-electron chi connectivity index (χ4n) is 2.70. The van der Waals surface area contributed by atoms with E-state index in [0.717, 1.165) is 12.3 Å². The Kier molecular flexibility index (Phi) is 4.41. The predicted molar refractivity (Wildman–Crippen MR) is 67.7 cm³/mol. The number of benzene rings is 1. The molecule has 1 nitrogen and oxygen atoms in total. The Balaban J connectivity index is 2.01. The largest absolute Gasteiger partial charge is 0.396 e. The van der Waals surface area contributed by atoms with E-state index in [1.807, 2.05) is 0 Å². The molecule has 0 saturated heterocycles. The molecule has 0 aromatic heterocycles. The SMILES string of the molecule is OCCc1ccc(C2CCCCCC2)cc1. The first-order valence-electron chi connectivity index (χ1n) is 6.60. The van der Waals surface area contributed by atoms with Crippen molar-refractivity contribution in [2.75, 3.05) is 6.61 Å². The van der Waals surface area contributed by atoms with E-state index in [1.165, 1.54) is 49.7 Å². The zero-order valence-corrected chi connectivity index (χ0v) is 9.99. The third-order valence-corrected chi connectivity index (χ3v) is 3.71. The van der Waals surface area contributed by atoms with Crippen molar-refractivity contribution in [2.45, 2.75) is 50.9 Å². The van der Waals surface area contributed by atoms with Gasteiger partial charge in [-0.25, -0.2) is 0 Å². The summed E-state index contributed by atoms with van der Waals surface area (Å²) < 4.78 is 0. The van der Waals surface area contributed by atoms with E-state index in [9.17, 15) is 0 Å². The van der Waals surface area contributed by atoms with Gasteiger partial charge in [-0.3, -0.25) is 0 Å². The summed E-state index contributed by atoms with van der Waals surface area (Å²) in [6.07, 6.45) is 9.12. The molecule has 0 spiro atoms. The van der Waals surface area contributed by atoms with Crippen molar-refractivity contribution in [1.82, 2.24) is 0 Å². The van der Waals surface area contributed by atoms with Crippen LogP contribution in [0, 0.1) is 0 Å². The van der Waals surface area contributed by atoms with Gasteiger partial charge in [-0.15, -0.1) is 0 Å². The van der Waals surface area contributed by atoms with Crippen LogP contribution < -0.4 is 0 Å². The van der Waals surface area contributed by atoms with Crippen LogP contribution in [0.4, 0.5) is 0 Å². The summed E-state index contributed by atoms with van der Waals surface area (Å²) in [6.45, 7) is 0.253. The minimum atomic E-state index is 0.253. The van der Waals surface area contributed by atoms with E-state index in [1.54, 1.807) is 0 Å². The standard InChI is InChI=1S/C15H22O/c16-12-11-13-7-9-15(10-8-13)14-5-3-1-2-4-6-14/h7-10,14,16H,1-6,11-12H2. The third-order valence-electron chi connectivity index (χ3n) is 3.71. The monoisotopic (exact) mass is 218 g/mol. The summed E-state index contributed by atoms with van der Waals surface area (Å²) >= 11 is 0. The minimum Gasteiger partial charge on any atom is -0.396 e. The molecule has 1 heteroatoms. The molecule has 0 bridgehead atoms. The molecular formula is C15H22O. The molecule has 88 valence electrons. The molecular weight excluding hydrogens is 196 g/mol. The average molecular weight is 218 g/mol. The van der Waals surface area contributed by atoms with Crippen LogP contribution in [0.2, 0.25) is 0 Å². The maximum Gasteiger partial charge on any atom is 0.0471 e. The number of hydrogen-bond donors (Lipinski definition) is 1. The van der Waals surface area contributed by atoms with Gasteiger partial charge in [-0.2, -0.15) is 0 Å². The highest BCUT2D eigenvalue weighted by molar-refractivity contribution is 5.25. The van der Waals surface area contributed by atoms with Gasteiger partial charge < -0.3 is 5.11 Å². The second kappa shape index (κ2) is 6.05. The Labute approximate surface area is 98.5 Å². The highest BCUT2D eigenvalue weighted by atomic mass is 16.2. The van der Waals surface area contributed by atoms with Gasteiger partial charge in [0.05, 0.1) is 0 Å². The molecule has 1 N–H and O–H groups in total. The third kappa shape index (κ3) is 3.08. The second-order valence-corrected chi connectivity index (χ2v) is 4.90. The van der Waals surface area contributed by atoms with Crippen molar-refractivity contribution in [3.05, 3.63) is 35.4 Å². The van der Waals surface area contributed by atoms with Gasteiger partial charge in [0.1, 0.15) is 0 Å². The van der Waals surface area contributed by atoms with E-state index in [4.69, 9.17) is 5.11 Å². The Bertz CT molecular complexity index is 294. The zero-order chi connectivity index (χ0) is 11.2. The molecule has 0 unspecified atom stereocenters. The molecule has 1 aliphatic carbocycles. The number of aliphatic hydroxyl groups is 1. The normalized spacial score (nSPS) is 18.3. The quantitative estimate of drug-likeness (QED) is 0.768. The molecule has 1 fully saturated rings. The molecule has 1 aromatic carbocycles. The van der Waals surface area contributed by atoms with Gasteiger partial charge in [-0.05, 0) is 36.3 Å². The van der Waals surface area contributed by atoms with Crippen LogP contribution in [0.15, 0.2) is 24.3 Å². The number of rotatable bonds is 3. The van der Waals surface area contributed by atoms with Crippen LogP contribution >= 0.6 is 0 Å². The summed E-state index contributed by atoms with van der Waals surface area (Å²) in [4.78, 5) is 0. The Morgan fingerprint density at radius 3 is 2.12 bits per heavy atom. The molecule has 1 aliphatic rings. The predicted octanol–water partition coefficient (Wildman–Crippen LogP) is 3.66. The molecule has 2 rings (SSSR count). The van der Waals surface area contributed by atoms with Gasteiger partial charge in [0.15, 0.2) is 0 Å². The van der Waals surface area contributed by atoms with E-state index in [0.29, 0.717) is 0 Å². The summed E-state index contributed by atoms with van der Waals surface area (Å²) in [5.41, 5.74) is 2.75. The lowest BCUT2D eigenvalue weighted by Gasteiger charge is -2.14. The van der Waals surface area contributed by atoms with Crippen molar-refractivity contribution in [2.24, 2.45) is 0 Å². The van der Waals surface area contributed by atoms with E-state index in [2.05, 4.69) is 24.3 Å². The number of aliphatic hydroxyl groups excluding tert-OH is 1. The van der Waals surface area contributed by atoms with E-state index < -0.39 is 0 Å². The molecule has 16 heavy (non-hydrogen) atoms. The minimum absolute atomic E-state index is 0.253. The van der Waals surface area contributed by atoms with Crippen LogP contribution in [-0.4, -0.2) is 11.7 Å². The summed E-state index contributed by atoms with van der Waals surface area (Å²) in [6, 6.07) is 8.88. The molecule has 0 atom stereocenters. The molecule has 1 saturated carbocycles. The van der Waals surface area contributed by atoms with Crippen LogP contribution in [0.1, 0.15) is 55.6 Å². The first-order valence-corrected chi connectivity index (χ1v) is 6.60. The van der Waals surface area contributed by atoms with Crippen LogP contribution in [0.5, 0.6) is 0 Å². The lowest BCUT2D eigenvalue weighted by atomic mass is 9.91. The maximum atomic E-state index is 8.87. The Hall–Kier alpha value is -0.820. The smallest absolute Gasteiger partial charge is 0.0471 e. The Morgan fingerprint density at radius 1 is 0.938 bits per heavy atom. The van der Waals surface area contributed by atoms with Gasteiger partial charge in [0.25, 0.3) is 0 Å². The number of hydrogen-bond acceptors (Lipinski definition) is 1. The second-order valence-electron chi connectivity index (χ2n) is 4.90. The fourth-order valence-corrected chi connectivity index (χ4v) is 2.70. The van der Waals surface area contributed by atoms with Gasteiger partial charge >= 0.3 is 0 Å². The molecule has 0 heterocycles. The van der Waals surface area contributed by atoms with Gasteiger partial charge in [0.2, 0.25) is 0 Å². The van der Waals surface area contributed by atoms with Crippen LogP contribution in [0.25, 0.3) is 0 Å². The summed E-state index contributed by atoms with van der Waals surface area (Å²) in [7, 11) is 0. The molecule has 0 aliphatic heterocycles. The van der Waals surface area contributed by atoms with Crippen molar-refractivity contribution < 1.29 is 5.11 Å².